The van der Waals surface area contributed by atoms with Crippen LogP contribution in [0.15, 0.2) is 0 Å². The first-order valence-corrected chi connectivity index (χ1v) is 6.67. The van der Waals surface area contributed by atoms with Crippen molar-refractivity contribution in [3.63, 3.8) is 0 Å². The molecule has 0 bridgehead atoms. The second kappa shape index (κ2) is 7.26. The van der Waals surface area contributed by atoms with Gasteiger partial charge in [0.05, 0.1) is 20.3 Å². The Hall–Kier alpha value is -1.83. The molecule has 0 saturated carbocycles. The summed E-state index contributed by atoms with van der Waals surface area (Å²) >= 11 is 0. The van der Waals surface area contributed by atoms with Crippen molar-refractivity contribution >= 4 is 18.0 Å². The summed E-state index contributed by atoms with van der Waals surface area (Å²) in [6.07, 6.45) is -1.31. The highest BCUT2D eigenvalue weighted by molar-refractivity contribution is 5.85. The molecule has 8 nitrogen and oxygen atoms in total. The van der Waals surface area contributed by atoms with Crippen LogP contribution in [0.2, 0.25) is 0 Å². The van der Waals surface area contributed by atoms with Crippen LogP contribution >= 0.6 is 0 Å². The van der Waals surface area contributed by atoms with Crippen molar-refractivity contribution in [2.24, 2.45) is 0 Å². The molecule has 1 N–H and O–H groups in total. The first-order chi connectivity index (χ1) is 9.73. The van der Waals surface area contributed by atoms with Crippen molar-refractivity contribution in [2.45, 2.75) is 32.5 Å². The van der Waals surface area contributed by atoms with Gasteiger partial charge in [-0.25, -0.2) is 4.79 Å². The zero-order valence-corrected chi connectivity index (χ0v) is 12.8. The quantitative estimate of drug-likeness (QED) is 0.732. The number of ether oxygens (including phenoxy) is 3. The van der Waals surface area contributed by atoms with Gasteiger partial charge >= 0.3 is 12.1 Å². The minimum Gasteiger partial charge on any atom is -0.468 e. The van der Waals surface area contributed by atoms with Crippen molar-refractivity contribution < 1.29 is 28.6 Å². The average molecular weight is 302 g/mol. The first kappa shape index (κ1) is 17.2. The summed E-state index contributed by atoms with van der Waals surface area (Å²) in [4.78, 5) is 36.2. The molecule has 0 aromatic carbocycles. The van der Waals surface area contributed by atoms with Gasteiger partial charge in [-0.2, -0.15) is 0 Å². The number of morpholine rings is 1. The van der Waals surface area contributed by atoms with Crippen molar-refractivity contribution in [1.82, 2.24) is 10.2 Å². The van der Waals surface area contributed by atoms with Gasteiger partial charge in [-0.05, 0) is 20.8 Å². The third-order valence-corrected chi connectivity index (χ3v) is 2.65. The normalized spacial score (nSPS) is 18.9. The first-order valence-electron chi connectivity index (χ1n) is 6.67. The van der Waals surface area contributed by atoms with Crippen molar-refractivity contribution in [1.29, 1.82) is 0 Å². The molecule has 0 aromatic heterocycles. The molecule has 0 spiro atoms. The number of methoxy groups -OCH3 is 1. The minimum absolute atomic E-state index is 0.0852. The van der Waals surface area contributed by atoms with Gasteiger partial charge in [0.1, 0.15) is 12.1 Å². The highest BCUT2D eigenvalue weighted by atomic mass is 16.6. The van der Waals surface area contributed by atoms with Crippen LogP contribution in [-0.4, -0.2) is 67.9 Å². The summed E-state index contributed by atoms with van der Waals surface area (Å²) in [6, 6.07) is 0. The summed E-state index contributed by atoms with van der Waals surface area (Å²) in [6.45, 7) is 5.75. The maximum atomic E-state index is 11.9. The lowest BCUT2D eigenvalue weighted by Crippen LogP contribution is -2.53. The number of esters is 1. The van der Waals surface area contributed by atoms with Gasteiger partial charge in [0.2, 0.25) is 0 Å². The van der Waals surface area contributed by atoms with E-state index in [1.165, 1.54) is 12.0 Å². The fourth-order valence-electron chi connectivity index (χ4n) is 1.65. The van der Waals surface area contributed by atoms with E-state index in [0.717, 1.165) is 0 Å². The number of hydrogen-bond donors (Lipinski definition) is 1. The van der Waals surface area contributed by atoms with Crippen LogP contribution in [0, 0.1) is 0 Å². The third-order valence-electron chi connectivity index (χ3n) is 2.65. The van der Waals surface area contributed by atoms with Gasteiger partial charge in [-0.1, -0.05) is 0 Å². The molecule has 1 aliphatic heterocycles. The number of nitrogens with one attached hydrogen (secondary N) is 1. The van der Waals surface area contributed by atoms with Crippen LogP contribution in [0.3, 0.4) is 0 Å². The van der Waals surface area contributed by atoms with Gasteiger partial charge < -0.3 is 24.4 Å². The second-order valence-corrected chi connectivity index (χ2v) is 5.58. The summed E-state index contributed by atoms with van der Waals surface area (Å²) < 4.78 is 15.0. The Balaban J connectivity index is 2.49. The fraction of sp³-hybridized carbons (Fsp3) is 0.769. The lowest BCUT2D eigenvalue weighted by atomic mass is 10.2. The molecule has 0 aromatic rings. The van der Waals surface area contributed by atoms with Gasteiger partial charge in [0.25, 0.3) is 5.91 Å². The standard InChI is InChI=1S/C13H22N2O6/c1-13(2,3)21-12(18)15-5-6-20-9(8-15)11(17)14-7-10(16)19-4/h9H,5-8H2,1-4H3,(H,14,17). The van der Waals surface area contributed by atoms with Gasteiger partial charge in [0.15, 0.2) is 6.10 Å². The number of hydrogen-bond acceptors (Lipinski definition) is 6. The zero-order valence-electron chi connectivity index (χ0n) is 12.8. The minimum atomic E-state index is -0.823. The van der Waals surface area contributed by atoms with Gasteiger partial charge in [0, 0.05) is 6.54 Å². The van der Waals surface area contributed by atoms with Crippen LogP contribution in [-0.2, 0) is 23.8 Å². The Bertz CT molecular complexity index is 404. The molecule has 1 rings (SSSR count). The molecule has 0 radical (unpaired) electrons. The Morgan fingerprint density at radius 2 is 2.00 bits per heavy atom. The van der Waals surface area contributed by atoms with Gasteiger partial charge in [-0.3, -0.25) is 9.59 Å². The topological polar surface area (TPSA) is 94.2 Å². The van der Waals surface area contributed by atoms with Crippen molar-refractivity contribution in [3.8, 4) is 0 Å². The van der Waals surface area contributed by atoms with E-state index in [9.17, 15) is 14.4 Å². The molecule has 1 saturated heterocycles. The molecule has 120 valence electrons. The Morgan fingerprint density at radius 1 is 1.33 bits per heavy atom. The highest BCUT2D eigenvalue weighted by Crippen LogP contribution is 2.13. The smallest absolute Gasteiger partial charge is 0.410 e. The van der Waals surface area contributed by atoms with Crippen LogP contribution in [0.5, 0.6) is 0 Å². The molecule has 8 heteroatoms. The molecule has 1 fully saturated rings. The highest BCUT2D eigenvalue weighted by Gasteiger charge is 2.31. The fourth-order valence-corrected chi connectivity index (χ4v) is 1.65. The Morgan fingerprint density at radius 3 is 2.57 bits per heavy atom. The molecule has 0 aliphatic carbocycles. The van der Waals surface area contributed by atoms with Crippen molar-refractivity contribution in [2.75, 3.05) is 33.4 Å². The largest absolute Gasteiger partial charge is 0.468 e. The SMILES string of the molecule is COC(=O)CNC(=O)C1CN(C(=O)OC(C)(C)C)CCO1. The van der Waals surface area contributed by atoms with Crippen LogP contribution in [0.4, 0.5) is 4.79 Å². The van der Waals surface area contributed by atoms with Crippen LogP contribution in [0.1, 0.15) is 20.8 Å². The van der Waals surface area contributed by atoms with E-state index in [4.69, 9.17) is 9.47 Å². The van der Waals surface area contributed by atoms with Crippen molar-refractivity contribution in [3.05, 3.63) is 0 Å². The predicted octanol–water partition coefficient (Wildman–Crippen LogP) is -0.0885. The molecule has 21 heavy (non-hydrogen) atoms. The summed E-state index contributed by atoms with van der Waals surface area (Å²) in [7, 11) is 1.23. The number of nitrogens with zero attached hydrogens (tertiary/aromatic N) is 1. The van der Waals surface area contributed by atoms with Crippen LogP contribution in [0.25, 0.3) is 0 Å². The Kier molecular flexibility index (Phi) is 5.95. The maximum Gasteiger partial charge on any atom is 0.410 e. The lowest BCUT2D eigenvalue weighted by Gasteiger charge is -2.33. The molecule has 1 aliphatic rings. The lowest BCUT2D eigenvalue weighted by molar-refractivity contribution is -0.145. The molecule has 1 unspecified atom stereocenters. The van der Waals surface area contributed by atoms with E-state index in [1.807, 2.05) is 0 Å². The van der Waals surface area contributed by atoms with E-state index < -0.39 is 29.7 Å². The molecular formula is C13H22N2O6. The second-order valence-electron chi connectivity index (χ2n) is 5.58. The summed E-state index contributed by atoms with van der Waals surface area (Å²) in [5.41, 5.74) is -0.599. The van der Waals surface area contributed by atoms with E-state index in [1.54, 1.807) is 20.8 Å². The Labute approximate surface area is 123 Å². The molecular weight excluding hydrogens is 280 g/mol. The average Bonchev–Trinajstić information content (AvgIpc) is 2.42. The summed E-state index contributed by atoms with van der Waals surface area (Å²) in [5, 5.41) is 2.39. The number of carbonyl (C=O) groups is 3. The monoisotopic (exact) mass is 302 g/mol. The number of carbonyl (C=O) groups excluding carboxylic acids is 3. The van der Waals surface area contributed by atoms with E-state index >= 15 is 0 Å². The maximum absolute atomic E-state index is 11.9. The van der Waals surface area contributed by atoms with Gasteiger partial charge in [-0.15, -0.1) is 0 Å². The van der Waals surface area contributed by atoms with E-state index in [-0.39, 0.29) is 19.7 Å². The van der Waals surface area contributed by atoms with Crippen LogP contribution < -0.4 is 5.32 Å². The third kappa shape index (κ3) is 5.99. The number of amides is 2. The summed E-state index contributed by atoms with van der Waals surface area (Å²) in [5.74, 6) is -1.02. The van der Waals surface area contributed by atoms with E-state index in [2.05, 4.69) is 10.1 Å². The molecule has 1 heterocycles. The molecule has 1 atom stereocenters. The number of rotatable bonds is 3. The molecule has 2 amide bonds. The predicted molar refractivity (Wildman–Crippen MR) is 72.6 cm³/mol. The van der Waals surface area contributed by atoms with E-state index in [0.29, 0.717) is 6.54 Å². The zero-order chi connectivity index (χ0) is 16.0.